The Morgan fingerprint density at radius 1 is 1.16 bits per heavy atom. The van der Waals surface area contributed by atoms with Crippen LogP contribution in [0.3, 0.4) is 0 Å². The van der Waals surface area contributed by atoms with Gasteiger partial charge in [0.25, 0.3) is 0 Å². The molecule has 0 aliphatic carbocycles. The van der Waals surface area contributed by atoms with Crippen molar-refractivity contribution < 1.29 is 4.79 Å². The monoisotopic (exact) mass is 336 g/mol. The van der Waals surface area contributed by atoms with Gasteiger partial charge in [-0.25, -0.2) is 0 Å². The smallest absolute Gasteiger partial charge is 0.243 e. The van der Waals surface area contributed by atoms with E-state index in [2.05, 4.69) is 47.6 Å². The number of benzene rings is 2. The largest absolute Gasteiger partial charge is 0.376 e. The highest BCUT2D eigenvalue weighted by Crippen LogP contribution is 2.22. The van der Waals surface area contributed by atoms with E-state index in [0.29, 0.717) is 11.3 Å². The van der Waals surface area contributed by atoms with Gasteiger partial charge in [-0.15, -0.1) is 0 Å². The van der Waals surface area contributed by atoms with Gasteiger partial charge in [-0.2, -0.15) is 5.26 Å². The maximum absolute atomic E-state index is 12.1. The Morgan fingerprint density at radius 2 is 1.92 bits per heavy atom. The molecule has 5 nitrogen and oxygen atoms in total. The Kier molecular flexibility index (Phi) is 6.41. The first-order chi connectivity index (χ1) is 12.1. The van der Waals surface area contributed by atoms with Gasteiger partial charge in [0.05, 0.1) is 18.2 Å². The van der Waals surface area contributed by atoms with E-state index in [1.165, 1.54) is 5.69 Å². The van der Waals surface area contributed by atoms with Crippen LogP contribution >= 0.6 is 0 Å². The van der Waals surface area contributed by atoms with Crippen molar-refractivity contribution in [2.45, 2.75) is 20.8 Å². The predicted octanol–water partition coefficient (Wildman–Crippen LogP) is 3.76. The van der Waals surface area contributed by atoms with E-state index in [-0.39, 0.29) is 12.5 Å². The van der Waals surface area contributed by atoms with Crippen LogP contribution in [-0.2, 0) is 4.79 Å². The lowest BCUT2D eigenvalue weighted by Gasteiger charge is -2.22. The summed E-state index contributed by atoms with van der Waals surface area (Å²) in [6, 6.07) is 15.1. The molecule has 0 heterocycles. The molecule has 0 bridgehead atoms. The van der Waals surface area contributed by atoms with E-state index in [0.717, 1.165) is 24.3 Å². The predicted molar refractivity (Wildman–Crippen MR) is 103 cm³/mol. The van der Waals surface area contributed by atoms with Crippen LogP contribution in [0.15, 0.2) is 42.5 Å². The Morgan fingerprint density at radius 3 is 2.56 bits per heavy atom. The van der Waals surface area contributed by atoms with E-state index in [4.69, 9.17) is 5.26 Å². The van der Waals surface area contributed by atoms with Gasteiger partial charge in [-0.3, -0.25) is 4.79 Å². The summed E-state index contributed by atoms with van der Waals surface area (Å²) in [7, 11) is 0. The third kappa shape index (κ3) is 4.98. The van der Waals surface area contributed by atoms with Gasteiger partial charge < -0.3 is 15.5 Å². The molecule has 0 fully saturated rings. The third-order valence-corrected chi connectivity index (χ3v) is 4.05. The number of carbonyl (C=O) groups excluding carboxylic acids is 1. The number of rotatable bonds is 7. The second-order valence-electron chi connectivity index (χ2n) is 5.77. The van der Waals surface area contributed by atoms with E-state index < -0.39 is 0 Å². The number of carbonyl (C=O) groups is 1. The van der Waals surface area contributed by atoms with Crippen LogP contribution in [0, 0.1) is 18.3 Å². The van der Waals surface area contributed by atoms with Crippen LogP contribution in [0.1, 0.15) is 25.0 Å². The van der Waals surface area contributed by atoms with Gasteiger partial charge in [0.2, 0.25) is 5.91 Å². The number of hydrogen-bond acceptors (Lipinski definition) is 4. The third-order valence-electron chi connectivity index (χ3n) is 4.05. The molecule has 2 aromatic rings. The van der Waals surface area contributed by atoms with Crippen LogP contribution < -0.4 is 15.5 Å². The van der Waals surface area contributed by atoms with E-state index in [9.17, 15) is 4.79 Å². The standard InChI is InChI=1S/C20H24N4O/c1-4-24(5-2)18-9-10-19(15(3)11-18)22-14-20(25)23-17-8-6-7-16(12-17)13-21/h6-12,22H,4-5,14H2,1-3H3,(H,23,25). The molecule has 0 unspecified atom stereocenters. The summed E-state index contributed by atoms with van der Waals surface area (Å²) in [5.41, 5.74) is 4.37. The van der Waals surface area contributed by atoms with Gasteiger partial charge in [0.15, 0.2) is 0 Å². The molecular weight excluding hydrogens is 312 g/mol. The van der Waals surface area contributed by atoms with Crippen molar-refractivity contribution >= 4 is 23.0 Å². The number of amides is 1. The zero-order chi connectivity index (χ0) is 18.2. The van der Waals surface area contributed by atoms with Crippen molar-refractivity contribution in [1.82, 2.24) is 0 Å². The molecule has 0 aliphatic heterocycles. The Hall–Kier alpha value is -3.00. The molecule has 1 amide bonds. The van der Waals surface area contributed by atoms with Crippen molar-refractivity contribution in [1.29, 1.82) is 5.26 Å². The lowest BCUT2D eigenvalue weighted by molar-refractivity contribution is -0.114. The minimum atomic E-state index is -0.151. The van der Waals surface area contributed by atoms with Gasteiger partial charge >= 0.3 is 0 Å². The van der Waals surface area contributed by atoms with Crippen molar-refractivity contribution in [2.24, 2.45) is 0 Å². The molecule has 0 saturated heterocycles. The van der Waals surface area contributed by atoms with Gasteiger partial charge in [0.1, 0.15) is 0 Å². The quantitative estimate of drug-likeness (QED) is 0.808. The number of anilines is 3. The maximum Gasteiger partial charge on any atom is 0.243 e. The number of aryl methyl sites for hydroxylation is 1. The Labute approximate surface area is 149 Å². The fourth-order valence-electron chi connectivity index (χ4n) is 2.68. The van der Waals surface area contributed by atoms with Gasteiger partial charge in [-0.1, -0.05) is 6.07 Å². The van der Waals surface area contributed by atoms with Gasteiger partial charge in [0, 0.05) is 30.2 Å². The maximum atomic E-state index is 12.1. The first-order valence-corrected chi connectivity index (χ1v) is 8.46. The van der Waals surface area contributed by atoms with E-state index in [1.807, 2.05) is 13.0 Å². The van der Waals surface area contributed by atoms with Crippen LogP contribution in [0.4, 0.5) is 17.1 Å². The molecule has 0 radical (unpaired) electrons. The van der Waals surface area contributed by atoms with Crippen molar-refractivity contribution in [3.63, 3.8) is 0 Å². The van der Waals surface area contributed by atoms with Crippen molar-refractivity contribution in [3.8, 4) is 6.07 Å². The van der Waals surface area contributed by atoms with Crippen molar-refractivity contribution in [2.75, 3.05) is 35.2 Å². The number of nitrogens with one attached hydrogen (secondary N) is 2. The SMILES string of the molecule is CCN(CC)c1ccc(NCC(=O)Nc2cccc(C#N)c2)c(C)c1. The highest BCUT2D eigenvalue weighted by Gasteiger charge is 2.07. The number of nitriles is 1. The second kappa shape index (κ2) is 8.74. The molecule has 130 valence electrons. The van der Waals surface area contributed by atoms with Crippen LogP contribution in [0.5, 0.6) is 0 Å². The fraction of sp³-hybridized carbons (Fsp3) is 0.300. The van der Waals surface area contributed by atoms with Crippen molar-refractivity contribution in [3.05, 3.63) is 53.6 Å². The molecule has 25 heavy (non-hydrogen) atoms. The zero-order valence-corrected chi connectivity index (χ0v) is 15.0. The molecule has 0 atom stereocenters. The van der Waals surface area contributed by atoms with E-state index in [1.54, 1.807) is 24.3 Å². The molecule has 0 spiro atoms. The average Bonchev–Trinajstić information content (AvgIpc) is 2.62. The van der Waals surface area contributed by atoms with Crippen LogP contribution in [0.2, 0.25) is 0 Å². The number of nitrogens with zero attached hydrogens (tertiary/aromatic N) is 2. The zero-order valence-electron chi connectivity index (χ0n) is 15.0. The Bertz CT molecular complexity index is 776. The Balaban J connectivity index is 1.96. The molecule has 0 aliphatic rings. The summed E-state index contributed by atoms with van der Waals surface area (Å²) in [5.74, 6) is -0.151. The first kappa shape index (κ1) is 18.3. The lowest BCUT2D eigenvalue weighted by Crippen LogP contribution is -2.23. The highest BCUT2D eigenvalue weighted by atomic mass is 16.1. The summed E-state index contributed by atoms with van der Waals surface area (Å²) in [6.45, 7) is 8.40. The highest BCUT2D eigenvalue weighted by molar-refractivity contribution is 5.94. The summed E-state index contributed by atoms with van der Waals surface area (Å²) in [5, 5.41) is 14.9. The lowest BCUT2D eigenvalue weighted by atomic mass is 10.1. The summed E-state index contributed by atoms with van der Waals surface area (Å²) < 4.78 is 0. The first-order valence-electron chi connectivity index (χ1n) is 8.46. The van der Waals surface area contributed by atoms with Crippen LogP contribution in [-0.4, -0.2) is 25.5 Å². The molecule has 2 rings (SSSR count). The molecular formula is C20H24N4O. The molecule has 0 saturated carbocycles. The topological polar surface area (TPSA) is 68.2 Å². The molecule has 5 heteroatoms. The van der Waals surface area contributed by atoms with Crippen LogP contribution in [0.25, 0.3) is 0 Å². The molecule has 0 aromatic heterocycles. The fourth-order valence-corrected chi connectivity index (χ4v) is 2.68. The molecule has 2 N–H and O–H groups in total. The van der Waals surface area contributed by atoms with Gasteiger partial charge in [-0.05, 0) is 62.7 Å². The minimum Gasteiger partial charge on any atom is -0.376 e. The average molecular weight is 336 g/mol. The normalized spacial score (nSPS) is 10.0. The summed E-state index contributed by atoms with van der Waals surface area (Å²) in [4.78, 5) is 14.4. The van der Waals surface area contributed by atoms with E-state index >= 15 is 0 Å². The molecule has 2 aromatic carbocycles. The minimum absolute atomic E-state index is 0.151. The summed E-state index contributed by atoms with van der Waals surface area (Å²) >= 11 is 0. The second-order valence-corrected chi connectivity index (χ2v) is 5.77. The number of hydrogen-bond donors (Lipinski definition) is 2. The summed E-state index contributed by atoms with van der Waals surface area (Å²) in [6.07, 6.45) is 0.